The highest BCUT2D eigenvalue weighted by atomic mass is 19.4. The van der Waals surface area contributed by atoms with Gasteiger partial charge in [-0.05, 0) is 74.8 Å². The van der Waals surface area contributed by atoms with Gasteiger partial charge in [0, 0.05) is 6.42 Å². The first-order valence-electron chi connectivity index (χ1n) is 12.3. The van der Waals surface area contributed by atoms with Gasteiger partial charge in [-0.25, -0.2) is 0 Å². The second kappa shape index (κ2) is 10.9. The van der Waals surface area contributed by atoms with Gasteiger partial charge in [-0.15, -0.1) is 0 Å². The second-order valence-electron chi connectivity index (χ2n) is 9.88. The molecule has 0 aliphatic heterocycles. The van der Waals surface area contributed by atoms with Crippen LogP contribution in [-0.2, 0) is 6.18 Å². The summed E-state index contributed by atoms with van der Waals surface area (Å²) in [4.78, 5) is 12.6. The minimum Gasteiger partial charge on any atom is -0.506 e. The second-order valence-corrected chi connectivity index (χ2v) is 9.88. The molecule has 3 nitrogen and oxygen atoms in total. The molecule has 0 aromatic heterocycles. The minimum absolute atomic E-state index is 0.0396. The maximum atomic E-state index is 13.4. The summed E-state index contributed by atoms with van der Waals surface area (Å²) in [7, 11) is 0. The summed E-state index contributed by atoms with van der Waals surface area (Å²) >= 11 is 0. The van der Waals surface area contributed by atoms with Crippen molar-refractivity contribution >= 4 is 5.78 Å². The Morgan fingerprint density at radius 1 is 1.03 bits per heavy atom. The molecule has 1 aromatic rings. The summed E-state index contributed by atoms with van der Waals surface area (Å²) in [5.41, 5.74) is -1.53. The summed E-state index contributed by atoms with van der Waals surface area (Å²) in [5.74, 6) is 1.31. The maximum absolute atomic E-state index is 13.4. The van der Waals surface area contributed by atoms with Gasteiger partial charge in [-0.2, -0.15) is 13.2 Å². The lowest BCUT2D eigenvalue weighted by atomic mass is 9.69. The molecule has 0 unspecified atom stereocenters. The summed E-state index contributed by atoms with van der Waals surface area (Å²) in [6.45, 7) is 3.96. The van der Waals surface area contributed by atoms with Crippen molar-refractivity contribution in [3.63, 3.8) is 0 Å². The number of benzene rings is 1. The van der Waals surface area contributed by atoms with Gasteiger partial charge in [0.25, 0.3) is 0 Å². The number of hydrogen-bond donors (Lipinski definition) is 1. The van der Waals surface area contributed by atoms with Gasteiger partial charge < -0.3 is 9.84 Å². The van der Waals surface area contributed by atoms with Gasteiger partial charge in [0.1, 0.15) is 17.1 Å². The molecule has 2 fully saturated rings. The predicted octanol–water partition coefficient (Wildman–Crippen LogP) is 7.80. The number of halogens is 3. The number of ketones is 1. The quantitative estimate of drug-likeness (QED) is 0.408. The molecule has 0 bridgehead atoms. The van der Waals surface area contributed by atoms with Gasteiger partial charge >= 0.3 is 6.18 Å². The van der Waals surface area contributed by atoms with Crippen molar-refractivity contribution in [3.8, 4) is 11.5 Å². The number of carbonyl (C=O) groups excluding carboxylic acids is 1. The van der Waals surface area contributed by atoms with E-state index in [0.29, 0.717) is 12.3 Å². The number of phenols is 1. The van der Waals surface area contributed by atoms with E-state index in [0.717, 1.165) is 30.2 Å². The van der Waals surface area contributed by atoms with Crippen LogP contribution in [0.4, 0.5) is 13.2 Å². The van der Waals surface area contributed by atoms with Gasteiger partial charge in [0.2, 0.25) is 0 Å². The monoisotopic (exact) mass is 454 g/mol. The summed E-state index contributed by atoms with van der Waals surface area (Å²) in [5, 5.41) is 10.2. The molecule has 2 aliphatic rings. The van der Waals surface area contributed by atoms with Crippen molar-refractivity contribution < 1.29 is 27.8 Å². The highest BCUT2D eigenvalue weighted by Gasteiger charge is 2.39. The SMILES string of the molecule is CCOc1ccc(C(=O)CCCC2CCC(C3CCC(C)CC3)CC2)c(O)c1C(F)(F)F. The largest absolute Gasteiger partial charge is 0.506 e. The van der Waals surface area contributed by atoms with Crippen molar-refractivity contribution in [1.29, 1.82) is 0 Å². The Labute approximate surface area is 189 Å². The van der Waals surface area contributed by atoms with E-state index in [1.165, 1.54) is 57.4 Å². The van der Waals surface area contributed by atoms with Gasteiger partial charge in [-0.1, -0.05) is 39.0 Å². The molecule has 3 rings (SSSR count). The van der Waals surface area contributed by atoms with Gasteiger partial charge in [-0.3, -0.25) is 4.79 Å². The summed E-state index contributed by atoms with van der Waals surface area (Å²) < 4.78 is 45.2. The zero-order chi connectivity index (χ0) is 23.3. The third kappa shape index (κ3) is 6.20. The first kappa shape index (κ1) is 24.9. The third-order valence-electron chi connectivity index (χ3n) is 7.66. The standard InChI is InChI=1S/C26H37F3O3/c1-3-32-23-16-15-21(25(31)24(23)26(27,28)29)22(30)6-4-5-18-9-13-20(14-10-18)19-11-7-17(2)8-12-19/h15-20,31H,3-14H2,1-2H3. The molecular formula is C26H37F3O3. The summed E-state index contributed by atoms with van der Waals surface area (Å²) in [6.07, 6.45) is 7.31. The van der Waals surface area contributed by atoms with Crippen LogP contribution in [0.5, 0.6) is 11.5 Å². The molecule has 0 saturated heterocycles. The number of rotatable bonds is 8. The van der Waals surface area contributed by atoms with E-state index < -0.39 is 29.0 Å². The van der Waals surface area contributed by atoms with Crippen molar-refractivity contribution in [3.05, 3.63) is 23.3 Å². The minimum atomic E-state index is -4.79. The zero-order valence-corrected chi connectivity index (χ0v) is 19.3. The van der Waals surface area contributed by atoms with Crippen molar-refractivity contribution in [2.24, 2.45) is 23.7 Å². The van der Waals surface area contributed by atoms with Crippen LogP contribution in [0.1, 0.15) is 100 Å². The van der Waals surface area contributed by atoms with E-state index in [1.807, 2.05) is 0 Å². The predicted molar refractivity (Wildman–Crippen MR) is 119 cm³/mol. The van der Waals surface area contributed by atoms with E-state index in [4.69, 9.17) is 4.74 Å². The Morgan fingerprint density at radius 2 is 1.62 bits per heavy atom. The molecule has 1 N–H and O–H groups in total. The number of carbonyl (C=O) groups is 1. The fraction of sp³-hybridized carbons (Fsp3) is 0.731. The van der Waals surface area contributed by atoms with Crippen LogP contribution < -0.4 is 4.74 Å². The topological polar surface area (TPSA) is 46.5 Å². The van der Waals surface area contributed by atoms with Crippen LogP contribution >= 0.6 is 0 Å². The fourth-order valence-corrected chi connectivity index (χ4v) is 5.74. The molecule has 180 valence electrons. The van der Waals surface area contributed by atoms with Crippen molar-refractivity contribution in [1.82, 2.24) is 0 Å². The number of hydrogen-bond acceptors (Lipinski definition) is 3. The normalized spacial score (nSPS) is 26.7. The van der Waals surface area contributed by atoms with Crippen LogP contribution in [0.3, 0.4) is 0 Å². The molecule has 0 spiro atoms. The first-order valence-corrected chi connectivity index (χ1v) is 12.3. The van der Waals surface area contributed by atoms with E-state index in [1.54, 1.807) is 6.92 Å². The van der Waals surface area contributed by atoms with E-state index in [-0.39, 0.29) is 18.6 Å². The molecule has 32 heavy (non-hydrogen) atoms. The van der Waals surface area contributed by atoms with Crippen LogP contribution in [0, 0.1) is 23.7 Å². The van der Waals surface area contributed by atoms with Crippen molar-refractivity contribution in [2.75, 3.05) is 6.61 Å². The summed E-state index contributed by atoms with van der Waals surface area (Å²) in [6, 6.07) is 2.38. The molecule has 0 amide bonds. The van der Waals surface area contributed by atoms with Crippen LogP contribution in [0.25, 0.3) is 0 Å². The molecule has 0 atom stereocenters. The highest BCUT2D eigenvalue weighted by Crippen LogP contribution is 2.45. The fourth-order valence-electron chi connectivity index (χ4n) is 5.74. The van der Waals surface area contributed by atoms with Gasteiger partial charge in [0.05, 0.1) is 12.2 Å². The molecule has 0 radical (unpaired) electrons. The Balaban J connectivity index is 1.49. The van der Waals surface area contributed by atoms with Crippen LogP contribution in [-0.4, -0.2) is 17.5 Å². The van der Waals surface area contributed by atoms with Gasteiger partial charge in [0.15, 0.2) is 5.78 Å². The van der Waals surface area contributed by atoms with E-state index in [9.17, 15) is 23.1 Å². The average molecular weight is 455 g/mol. The Hall–Kier alpha value is -1.72. The smallest absolute Gasteiger partial charge is 0.423 e. The van der Waals surface area contributed by atoms with Crippen molar-refractivity contribution in [2.45, 2.75) is 90.7 Å². The lowest BCUT2D eigenvalue weighted by Gasteiger charge is -2.37. The third-order valence-corrected chi connectivity index (χ3v) is 7.66. The number of ether oxygens (including phenoxy) is 1. The Kier molecular flexibility index (Phi) is 8.51. The maximum Gasteiger partial charge on any atom is 0.423 e. The van der Waals surface area contributed by atoms with E-state index in [2.05, 4.69) is 6.92 Å². The van der Waals surface area contributed by atoms with Crippen LogP contribution in [0.15, 0.2) is 12.1 Å². The molecule has 2 saturated carbocycles. The zero-order valence-electron chi connectivity index (χ0n) is 19.3. The molecule has 2 aliphatic carbocycles. The average Bonchev–Trinajstić information content (AvgIpc) is 2.74. The van der Waals surface area contributed by atoms with E-state index >= 15 is 0 Å². The number of aromatic hydroxyl groups is 1. The van der Waals surface area contributed by atoms with Crippen LogP contribution in [0.2, 0.25) is 0 Å². The Bertz CT molecular complexity index is 758. The molecule has 1 aromatic carbocycles. The molecule has 6 heteroatoms. The molecule has 0 heterocycles. The molecular weight excluding hydrogens is 417 g/mol. The number of Topliss-reactive ketones (excluding diaryl/α,β-unsaturated/α-hetero) is 1. The number of phenolic OH excluding ortho intramolecular Hbond substituents is 1. The lowest BCUT2D eigenvalue weighted by molar-refractivity contribution is -0.140. The first-order chi connectivity index (χ1) is 15.2. The highest BCUT2D eigenvalue weighted by molar-refractivity contribution is 5.99. The number of alkyl halides is 3. The lowest BCUT2D eigenvalue weighted by Crippen LogP contribution is -2.25. The Morgan fingerprint density at radius 3 is 2.19 bits per heavy atom.